The Bertz CT molecular complexity index is 5840. The second kappa shape index (κ2) is 63.8. The van der Waals surface area contributed by atoms with Gasteiger partial charge in [0.2, 0.25) is 21.8 Å². The molecule has 4 N–H and O–H groups in total. The third kappa shape index (κ3) is 43.8. The zero-order valence-corrected chi connectivity index (χ0v) is 91.2. The summed E-state index contributed by atoms with van der Waals surface area (Å²) in [7, 11) is -3.85. The number of thiocarbonyl (C=S) groups is 1. The highest BCUT2D eigenvalue weighted by atomic mass is 35.5. The van der Waals surface area contributed by atoms with Crippen LogP contribution in [-0.2, 0) is 90.6 Å². The molecule has 1 fully saturated rings. The predicted octanol–water partition coefficient (Wildman–Crippen LogP) is 21.1. The lowest BCUT2D eigenvalue weighted by Gasteiger charge is -2.37. The van der Waals surface area contributed by atoms with E-state index in [1.54, 1.807) is 108 Å². The number of thioether (sulfide) groups is 1. The van der Waals surface area contributed by atoms with E-state index >= 15 is 0 Å². The number of sulfonamides is 1. The number of Topliss-reactive ketones (excluding diaryl/α,β-unsaturated/α-hetero) is 3. The first-order valence-electron chi connectivity index (χ1n) is 50.0. The fraction of sp³-hybridized carbons (Fsp3) is 0.446. The van der Waals surface area contributed by atoms with Gasteiger partial charge in [0.05, 0.1) is 42.5 Å². The van der Waals surface area contributed by atoms with E-state index in [4.69, 9.17) is 56.1 Å². The zero-order chi connectivity index (χ0) is 107. The average Bonchev–Trinajstić information content (AvgIpc) is 0.955. The number of ether oxygens (including phenoxy) is 5. The topological polar surface area (TPSA) is 359 Å². The van der Waals surface area contributed by atoms with Crippen molar-refractivity contribution in [2.45, 2.75) is 214 Å². The Hall–Kier alpha value is -11.7. The molecule has 146 heavy (non-hydrogen) atoms. The van der Waals surface area contributed by atoms with Gasteiger partial charge in [-0.05, 0) is 215 Å². The molecule has 29 nitrogen and oxygen atoms in total. The molecule has 1 saturated heterocycles. The van der Waals surface area contributed by atoms with Crippen LogP contribution in [0.25, 0.3) is 0 Å². The lowest BCUT2D eigenvalue weighted by molar-refractivity contribution is -0.141. The summed E-state index contributed by atoms with van der Waals surface area (Å²) in [5.74, 6) is 0.0166. The molecule has 34 heteroatoms. The molecule has 11 rings (SSSR count). The van der Waals surface area contributed by atoms with E-state index in [-0.39, 0.29) is 89.6 Å². The van der Waals surface area contributed by atoms with Crippen LogP contribution in [0, 0.1) is 18.3 Å². The maximum Gasteiger partial charge on any atom is 0.338 e. The molecule has 8 aromatic carbocycles. The number of hydrogen-bond acceptors (Lipinski definition) is 23. The largest absolute Gasteiger partial charge is 0.494 e. The van der Waals surface area contributed by atoms with E-state index in [1.165, 1.54) is 59.6 Å². The number of carbonyl (C=O) groups is 8. The van der Waals surface area contributed by atoms with Gasteiger partial charge < -0.3 is 72.9 Å². The number of aryl methyl sites for hydroxylation is 2. The van der Waals surface area contributed by atoms with Gasteiger partial charge in [-0.3, -0.25) is 28.8 Å². The number of rotatable bonds is 51. The molecule has 0 aliphatic carbocycles. The number of hydrogen-bond donors (Lipinski definition) is 4. The number of carboxylic acids is 1. The number of esters is 1. The van der Waals surface area contributed by atoms with Crippen LogP contribution in [-0.4, -0.2) is 216 Å². The number of unbranched alkanes of at least 4 members (excludes halogenated alkanes) is 5. The highest BCUT2D eigenvalue weighted by Gasteiger charge is 2.35. The summed E-state index contributed by atoms with van der Waals surface area (Å²) < 4.78 is 86.3. The molecule has 0 radical (unpaired) electrons. The molecule has 2 atom stereocenters. The monoisotopic (exact) mass is 2100 g/mol. The smallest absolute Gasteiger partial charge is 0.338 e. The third-order valence-corrected chi connectivity index (χ3v) is 27.3. The van der Waals surface area contributed by atoms with Gasteiger partial charge in [0.15, 0.2) is 22.4 Å². The Morgan fingerprint density at radius 2 is 1.27 bits per heavy atom. The number of benzene rings is 8. The number of carboxylic acid groups (broad SMARTS) is 1. The summed E-state index contributed by atoms with van der Waals surface area (Å²) in [5, 5.41) is 18.6. The number of amides is 4. The molecule has 0 saturated carbocycles. The molecule has 9 aromatic rings. The van der Waals surface area contributed by atoms with Crippen LogP contribution in [0.2, 0.25) is 5.02 Å². The highest BCUT2D eigenvalue weighted by molar-refractivity contribution is 8.00. The number of allylic oxidation sites excluding steroid dienone is 1. The fourth-order valence-corrected chi connectivity index (χ4v) is 18.7. The summed E-state index contributed by atoms with van der Waals surface area (Å²) in [5.41, 5.74) is 10.3. The van der Waals surface area contributed by atoms with Gasteiger partial charge in [0, 0.05) is 163 Å². The minimum Gasteiger partial charge on any atom is -0.494 e. The number of aromatic nitrogens is 1. The van der Waals surface area contributed by atoms with Crippen molar-refractivity contribution in [3.05, 3.63) is 279 Å². The van der Waals surface area contributed by atoms with Crippen LogP contribution in [0.5, 0.6) is 11.5 Å². The molecule has 2 aliphatic heterocycles. The standard InChI is InChI=1S/C28H34N2O4S.C25H40N2O2.C23H34N4O5.C18H17ClO4S.C18H23NO5S2/c1-5-6-8-20-11-13-22(14-12-20)24(31)18-21-9-7-10-23(17-21)26-25(27(32)34-16-15-33-4)19(2)30(3)28(35)29-26;1-5-6-7-8-9-10-23(28)19-21-11-13-22(14-12-21)26-15-17-27(18-16-26)24(29)20-25(2,3)4;1-4-30-14-8-12-24-22(28)20-17-32-21(25-20)16-27(13-9-15-31-5-2)23(29)26-19-11-7-6-10-18(19)3;1-2-23-14-7-3-12(4-8-14)16(20)11-17(18(21)22)24-15-9-5-13(19)6-10-15;1-15(2)13-19(26(22,23)18-7-5-4-6-8-18)14-16-9-11-17(12-10-16)24-25(3,20)21/h7,9-14,17,26H,5-6,8,15-16,18H2,1-4H3,(H,29,35);11-14H,5-10,15-20H2,1-4H3;6-7,10-11,17H,4-5,8-9,12-16H2,1-3H3,(H,24,28)(H,26,29);3-10,17H,2,11H2,1H3,(H,21,22);4-12,15H,13-14H2,1-3H3. The van der Waals surface area contributed by atoms with Crippen molar-refractivity contribution in [3.63, 3.8) is 0 Å². The van der Waals surface area contributed by atoms with Crippen LogP contribution in [0.4, 0.5) is 16.2 Å². The zero-order valence-electron chi connectivity index (χ0n) is 87.2. The normalized spacial score (nSPS) is 13.2. The second-order valence-electron chi connectivity index (χ2n) is 36.9. The van der Waals surface area contributed by atoms with Gasteiger partial charge in [-0.25, -0.2) is 23.0 Å². The van der Waals surface area contributed by atoms with Crippen molar-refractivity contribution in [1.29, 1.82) is 0 Å². The van der Waals surface area contributed by atoms with Crippen molar-refractivity contribution in [2.24, 2.45) is 11.3 Å². The van der Waals surface area contributed by atoms with Crippen molar-refractivity contribution in [3.8, 4) is 11.5 Å². The Kier molecular flexibility index (Phi) is 53.0. The van der Waals surface area contributed by atoms with Gasteiger partial charge >= 0.3 is 28.1 Å². The Labute approximate surface area is 878 Å². The van der Waals surface area contributed by atoms with E-state index in [2.05, 4.69) is 84.7 Å². The number of halogens is 1. The lowest BCUT2D eigenvalue weighted by Crippen LogP contribution is -2.49. The van der Waals surface area contributed by atoms with Crippen LogP contribution in [0.3, 0.4) is 0 Å². The molecule has 0 spiro atoms. The van der Waals surface area contributed by atoms with Crippen LogP contribution in [0.15, 0.2) is 232 Å². The fourth-order valence-electron chi connectivity index (χ4n) is 15.3. The molecular weight excluding hydrogens is 1950 g/mol. The Balaban J connectivity index is 0.000000249. The summed E-state index contributed by atoms with van der Waals surface area (Å²) >= 11 is 12.4. The van der Waals surface area contributed by atoms with Crippen molar-refractivity contribution in [1.82, 2.24) is 34.6 Å². The van der Waals surface area contributed by atoms with Crippen molar-refractivity contribution in [2.75, 3.05) is 123 Å². The van der Waals surface area contributed by atoms with Gasteiger partial charge in [-0.1, -0.05) is 201 Å². The number of methoxy groups -OCH3 is 1. The molecule has 4 amide bonds. The number of nitrogens with one attached hydrogen (secondary N) is 3. The summed E-state index contributed by atoms with van der Waals surface area (Å²) in [4.78, 5) is 112. The number of para-hydroxylation sites is 1. The molecule has 0 bridgehead atoms. The molecule has 2 unspecified atom stereocenters. The van der Waals surface area contributed by atoms with Gasteiger partial charge in [0.25, 0.3) is 5.91 Å². The maximum atomic E-state index is 13.0. The van der Waals surface area contributed by atoms with Crippen LogP contribution in [0.1, 0.15) is 230 Å². The number of anilines is 2. The lowest BCUT2D eigenvalue weighted by atomic mass is 9.91. The number of nitrogens with zero attached hydrogens (tertiary/aromatic N) is 6. The Morgan fingerprint density at radius 1 is 0.658 bits per heavy atom. The number of oxazole rings is 1. The summed E-state index contributed by atoms with van der Waals surface area (Å²) in [6, 6.07) is 59.1. The highest BCUT2D eigenvalue weighted by Crippen LogP contribution is 2.34. The number of piperazine rings is 1. The minimum atomic E-state index is -3.63. The van der Waals surface area contributed by atoms with E-state index in [1.807, 2.05) is 133 Å². The maximum absolute atomic E-state index is 13.0. The molecular formula is C112H148ClN9O20S4. The first kappa shape index (κ1) is 121. The summed E-state index contributed by atoms with van der Waals surface area (Å²) in [6.45, 7) is 32.5. The quantitative estimate of drug-likeness (QED) is 0.00687. The van der Waals surface area contributed by atoms with E-state index < -0.39 is 43.4 Å². The van der Waals surface area contributed by atoms with E-state index in [0.29, 0.717) is 129 Å². The third-order valence-electron chi connectivity index (χ3n) is 23.2. The molecule has 1 aromatic heterocycles. The summed E-state index contributed by atoms with van der Waals surface area (Å²) in [6.07, 6.45) is 15.0. The van der Waals surface area contributed by atoms with E-state index in [0.717, 1.165) is 120 Å². The van der Waals surface area contributed by atoms with Crippen LogP contribution < -0.4 is 29.8 Å². The van der Waals surface area contributed by atoms with E-state index in [9.17, 15) is 60.3 Å². The molecule has 2 aliphatic rings. The number of ketones is 3. The van der Waals surface area contributed by atoms with Crippen molar-refractivity contribution < 1.29 is 92.6 Å². The second-order valence-corrected chi connectivity index (χ2v) is 42.5. The number of carbonyl (C=O) groups excluding carboxylic acids is 7. The minimum absolute atomic E-state index is 0.0387. The SMILES string of the molecule is CC(C)CN(Cc1ccc(OS(C)(=O)=O)cc1)S(=O)(=O)c1ccccc1.CCCCCCCC(=O)Cc1ccc(N2CCN(C(=O)CC(C)(C)C)CC2)cc1.CCCCc1ccc(C(=O)Cc2cccc(C3NC(=S)N(C)C(C)=C3C(=O)OCCOC)c2)cc1.CCOCCCNC(=O)c1coc(CN(CCCOCC)C(=O)Nc2ccccc2C)n1.CCOc1ccc(C(=O)CC(Sc2ccc(Cl)cc2)C(=O)O)cc1. The number of aliphatic carboxylic acids is 1. The molecule has 3 heterocycles. The van der Waals surface area contributed by atoms with Crippen LogP contribution >= 0.6 is 35.6 Å². The first-order chi connectivity index (χ1) is 69.7. The van der Waals surface area contributed by atoms with Gasteiger partial charge in [0.1, 0.15) is 35.4 Å². The Morgan fingerprint density at radius 3 is 1.89 bits per heavy atom. The van der Waals surface area contributed by atoms with Gasteiger partial charge in [-0.2, -0.15) is 12.7 Å². The average molecular weight is 2100 g/mol. The predicted molar refractivity (Wildman–Crippen MR) is 580 cm³/mol. The first-order valence-corrected chi connectivity index (χ1v) is 54.9. The molecule has 792 valence electrons. The van der Waals surface area contributed by atoms with Gasteiger partial charge in [-0.15, -0.1) is 11.8 Å². The van der Waals surface area contributed by atoms with Crippen molar-refractivity contribution >= 4 is 119 Å². The number of urea groups is 1.